The summed E-state index contributed by atoms with van der Waals surface area (Å²) in [6.45, 7) is 3.98. The van der Waals surface area contributed by atoms with Crippen LogP contribution in [0, 0.1) is 17.8 Å². The molecule has 220 valence electrons. The summed E-state index contributed by atoms with van der Waals surface area (Å²) in [7, 11) is 3.66. The first-order chi connectivity index (χ1) is 20.9. The van der Waals surface area contributed by atoms with Crippen LogP contribution in [0.15, 0.2) is 42.7 Å². The van der Waals surface area contributed by atoms with Gasteiger partial charge < -0.3 is 29.8 Å². The molecule has 1 aliphatic heterocycles. The summed E-state index contributed by atoms with van der Waals surface area (Å²) in [6.07, 6.45) is 6.15. The van der Waals surface area contributed by atoms with Crippen molar-refractivity contribution in [3.05, 3.63) is 48.3 Å². The fraction of sp³-hybridized carbons (Fsp3) is 0.406. The van der Waals surface area contributed by atoms with E-state index in [4.69, 9.17) is 20.4 Å². The van der Waals surface area contributed by atoms with Crippen molar-refractivity contribution < 1.29 is 9.53 Å². The molecule has 3 fully saturated rings. The highest BCUT2D eigenvalue weighted by Crippen LogP contribution is 2.44. The van der Waals surface area contributed by atoms with Gasteiger partial charge >= 0.3 is 0 Å². The molecule has 5 heterocycles. The second kappa shape index (κ2) is 9.68. The number of hydrogen-bond acceptors (Lipinski definition) is 8. The normalized spacial score (nSPS) is 21.3. The number of hydrogen-bond donors (Lipinski definition) is 2. The van der Waals surface area contributed by atoms with Gasteiger partial charge in [-0.1, -0.05) is 6.92 Å². The van der Waals surface area contributed by atoms with E-state index in [0.717, 1.165) is 53.1 Å². The van der Waals surface area contributed by atoms with E-state index in [2.05, 4.69) is 48.4 Å². The number of rotatable bonds is 7. The molecule has 2 aliphatic carbocycles. The van der Waals surface area contributed by atoms with Crippen LogP contribution in [0.3, 0.4) is 0 Å². The second-order valence-electron chi connectivity index (χ2n) is 12.4. The van der Waals surface area contributed by atoms with E-state index in [1.54, 1.807) is 13.2 Å². The van der Waals surface area contributed by atoms with Crippen LogP contribution in [-0.2, 0) is 13.6 Å². The van der Waals surface area contributed by atoms with E-state index in [1.807, 2.05) is 25.2 Å². The number of ether oxygens (including phenoxy) is 1. The third-order valence-electron chi connectivity index (χ3n) is 9.73. The van der Waals surface area contributed by atoms with Gasteiger partial charge in [-0.05, 0) is 73.8 Å². The maximum Gasteiger partial charge on any atom is 0.254 e. The number of carbonyl (C=O) groups excluding carboxylic acids is 1. The van der Waals surface area contributed by atoms with Gasteiger partial charge in [0, 0.05) is 43.2 Å². The van der Waals surface area contributed by atoms with Gasteiger partial charge in [0.05, 0.1) is 18.3 Å². The first-order valence-electron chi connectivity index (χ1n) is 15.1. The number of aryl methyl sites for hydroxylation is 1. The Kier molecular flexibility index (Phi) is 5.85. The van der Waals surface area contributed by atoms with Gasteiger partial charge in [-0.25, -0.2) is 19.9 Å². The van der Waals surface area contributed by atoms with Gasteiger partial charge in [-0.15, -0.1) is 0 Å². The summed E-state index contributed by atoms with van der Waals surface area (Å²) in [4.78, 5) is 34.2. The number of amides is 1. The Hall–Kier alpha value is -4.67. The number of benzene rings is 1. The van der Waals surface area contributed by atoms with Crippen molar-refractivity contribution in [3.8, 4) is 17.3 Å². The summed E-state index contributed by atoms with van der Waals surface area (Å²) < 4.78 is 10.2. The number of fused-ring (bicyclic) bond motifs is 4. The number of piperidine rings is 1. The molecule has 1 saturated heterocycles. The predicted octanol–water partition coefficient (Wildman–Crippen LogP) is 4.99. The Morgan fingerprint density at radius 1 is 1.07 bits per heavy atom. The SMILES string of the molecule is COc1cc(C(=O)N2CC3CCC2[C@@H]3C)cc2nc(-c3cc4ccc(Nc5cc(N)ncn5)nc4n3CC3CC3)n(C)c12. The number of pyridine rings is 1. The Labute approximate surface area is 249 Å². The minimum Gasteiger partial charge on any atom is -0.494 e. The Bertz CT molecular complexity index is 1910. The van der Waals surface area contributed by atoms with Gasteiger partial charge in [-0.2, -0.15) is 0 Å². The molecule has 1 aromatic carbocycles. The average Bonchev–Trinajstić information content (AvgIpc) is 3.41. The molecule has 3 aliphatic rings. The van der Waals surface area contributed by atoms with Crippen LogP contribution in [0.1, 0.15) is 43.0 Å². The highest BCUT2D eigenvalue weighted by Gasteiger charge is 2.46. The number of likely N-dealkylation sites (tertiary alicyclic amines) is 1. The first-order valence-corrected chi connectivity index (χ1v) is 15.1. The molecule has 11 heteroatoms. The zero-order valence-electron chi connectivity index (χ0n) is 24.6. The summed E-state index contributed by atoms with van der Waals surface area (Å²) in [5.74, 6) is 4.97. The molecule has 3 N–H and O–H groups in total. The number of aromatic nitrogens is 6. The van der Waals surface area contributed by atoms with Crippen molar-refractivity contribution in [2.45, 2.75) is 45.2 Å². The highest BCUT2D eigenvalue weighted by molar-refractivity contribution is 6.00. The summed E-state index contributed by atoms with van der Waals surface area (Å²) in [5, 5.41) is 4.28. The molecule has 2 saturated carbocycles. The van der Waals surface area contributed by atoms with Gasteiger partial charge in [-0.3, -0.25) is 4.79 Å². The number of nitrogens with two attached hydrogens (primary N) is 1. The molecule has 2 bridgehead atoms. The molecule has 3 atom stereocenters. The maximum absolute atomic E-state index is 13.7. The van der Waals surface area contributed by atoms with E-state index >= 15 is 0 Å². The summed E-state index contributed by atoms with van der Waals surface area (Å²) in [6, 6.07) is 12.0. The molecule has 43 heavy (non-hydrogen) atoms. The van der Waals surface area contributed by atoms with Crippen molar-refractivity contribution >= 4 is 45.4 Å². The Morgan fingerprint density at radius 2 is 1.93 bits per heavy atom. The average molecular weight is 578 g/mol. The van der Waals surface area contributed by atoms with Crippen LogP contribution >= 0.6 is 0 Å². The third-order valence-corrected chi connectivity index (χ3v) is 9.73. The molecule has 0 radical (unpaired) electrons. The van der Waals surface area contributed by atoms with Crippen molar-refractivity contribution in [3.63, 3.8) is 0 Å². The second-order valence-corrected chi connectivity index (χ2v) is 12.4. The van der Waals surface area contributed by atoms with E-state index in [1.165, 1.54) is 25.6 Å². The lowest BCUT2D eigenvalue weighted by atomic mass is 10.0. The van der Waals surface area contributed by atoms with Crippen LogP contribution in [0.4, 0.5) is 17.5 Å². The van der Waals surface area contributed by atoms with Gasteiger partial charge in [0.1, 0.15) is 40.7 Å². The minimum absolute atomic E-state index is 0.0731. The predicted molar refractivity (Wildman–Crippen MR) is 165 cm³/mol. The number of anilines is 3. The zero-order chi connectivity index (χ0) is 29.4. The van der Waals surface area contributed by atoms with Crippen LogP contribution in [-0.4, -0.2) is 59.6 Å². The fourth-order valence-corrected chi connectivity index (χ4v) is 7.23. The minimum atomic E-state index is 0.0731. The third kappa shape index (κ3) is 4.28. The van der Waals surface area contributed by atoms with Crippen molar-refractivity contribution in [2.24, 2.45) is 24.8 Å². The number of imidazole rings is 1. The lowest BCUT2D eigenvalue weighted by Gasteiger charge is -2.27. The van der Waals surface area contributed by atoms with E-state index in [0.29, 0.717) is 52.6 Å². The van der Waals surface area contributed by atoms with Gasteiger partial charge in [0.15, 0.2) is 5.82 Å². The molecule has 1 amide bonds. The maximum atomic E-state index is 13.7. The van der Waals surface area contributed by atoms with Gasteiger partial charge in [0.25, 0.3) is 5.91 Å². The Morgan fingerprint density at radius 3 is 2.65 bits per heavy atom. The number of nitrogens with one attached hydrogen (secondary N) is 1. The molecule has 0 spiro atoms. The standard InChI is InChI=1S/C32H35N9O2/c1-17-20-6-8-23(17)41(15-20)32(42)21-10-22-29(25(12-21)43-3)39(2)31(36-22)24-11-19-7-9-27(37-28-13-26(33)34-16-35-28)38-30(19)40(24)14-18-4-5-18/h7,9-13,16-18,20,23H,4-6,8,14-15H2,1-3H3,(H3,33,34,35,37,38)/t17-,20?,23?/m1/s1. The highest BCUT2D eigenvalue weighted by atomic mass is 16.5. The number of nitrogen functional groups attached to an aromatic ring is 1. The van der Waals surface area contributed by atoms with Crippen LogP contribution in [0.2, 0.25) is 0 Å². The molecule has 11 nitrogen and oxygen atoms in total. The first kappa shape index (κ1) is 26.0. The molecular formula is C32H35N9O2. The monoisotopic (exact) mass is 577 g/mol. The van der Waals surface area contributed by atoms with Crippen LogP contribution < -0.4 is 15.8 Å². The number of nitrogens with zero attached hydrogens (tertiary/aromatic N) is 7. The van der Waals surface area contributed by atoms with E-state index in [-0.39, 0.29) is 5.91 Å². The molecule has 4 aromatic heterocycles. The van der Waals surface area contributed by atoms with E-state index < -0.39 is 0 Å². The molecule has 2 unspecified atom stereocenters. The van der Waals surface area contributed by atoms with Crippen molar-refractivity contribution in [2.75, 3.05) is 24.7 Å². The van der Waals surface area contributed by atoms with E-state index in [9.17, 15) is 4.79 Å². The number of methoxy groups -OCH3 is 1. The number of carbonyl (C=O) groups is 1. The topological polar surface area (TPSA) is 129 Å². The molecule has 5 aromatic rings. The lowest BCUT2D eigenvalue weighted by molar-refractivity contribution is 0.0696. The molecular weight excluding hydrogens is 542 g/mol. The zero-order valence-corrected chi connectivity index (χ0v) is 24.6. The van der Waals surface area contributed by atoms with Crippen LogP contribution in [0.25, 0.3) is 33.6 Å². The summed E-state index contributed by atoms with van der Waals surface area (Å²) >= 11 is 0. The molecule has 8 rings (SSSR count). The Balaban J connectivity index is 1.21. The van der Waals surface area contributed by atoms with Gasteiger partial charge in [0.2, 0.25) is 0 Å². The summed E-state index contributed by atoms with van der Waals surface area (Å²) in [5.41, 5.74) is 9.95. The fourth-order valence-electron chi connectivity index (χ4n) is 7.23. The smallest absolute Gasteiger partial charge is 0.254 e. The lowest BCUT2D eigenvalue weighted by Crippen LogP contribution is -2.38. The van der Waals surface area contributed by atoms with Crippen LogP contribution in [0.5, 0.6) is 5.75 Å². The quantitative estimate of drug-likeness (QED) is 0.277. The largest absolute Gasteiger partial charge is 0.494 e. The van der Waals surface area contributed by atoms with Crippen molar-refractivity contribution in [1.29, 1.82) is 0 Å². The van der Waals surface area contributed by atoms with Crippen molar-refractivity contribution in [1.82, 2.24) is 34.0 Å².